The van der Waals surface area contributed by atoms with Crippen molar-refractivity contribution in [3.63, 3.8) is 0 Å². The maximum Gasteiger partial charge on any atom is 0.241 e. The molecule has 3 aromatic rings. The smallest absolute Gasteiger partial charge is 0.241 e. The van der Waals surface area contributed by atoms with Gasteiger partial charge in [0.1, 0.15) is 0 Å². The van der Waals surface area contributed by atoms with E-state index in [1.807, 2.05) is 53.1 Å². The number of benzene rings is 3. The molecule has 33 heavy (non-hydrogen) atoms. The molecule has 0 fully saturated rings. The molecular formula is C27H33N3O2S. The highest BCUT2D eigenvalue weighted by Gasteiger charge is 2.29. The van der Waals surface area contributed by atoms with Crippen LogP contribution in [-0.4, -0.2) is 35.6 Å². The van der Waals surface area contributed by atoms with Gasteiger partial charge in [-0.2, -0.15) is 0 Å². The fourth-order valence-electron chi connectivity index (χ4n) is 4.94. The maximum absolute atomic E-state index is 13.4. The molecule has 0 unspecified atom stereocenters. The lowest BCUT2D eigenvalue weighted by molar-refractivity contribution is 0.562. The van der Waals surface area contributed by atoms with Gasteiger partial charge >= 0.3 is 0 Å². The van der Waals surface area contributed by atoms with E-state index in [1.54, 1.807) is 0 Å². The Balaban J connectivity index is 1.67. The Bertz CT molecular complexity index is 1230. The van der Waals surface area contributed by atoms with Crippen LogP contribution in [0, 0.1) is 20.8 Å². The second-order valence-corrected chi connectivity index (χ2v) is 10.9. The third-order valence-corrected chi connectivity index (χ3v) is 8.16. The predicted molar refractivity (Wildman–Crippen MR) is 137 cm³/mol. The lowest BCUT2D eigenvalue weighted by atomic mass is 10.0. The van der Waals surface area contributed by atoms with Crippen molar-refractivity contribution in [3.05, 3.63) is 88.5 Å². The first-order valence-electron chi connectivity index (χ1n) is 11.4. The molecule has 3 aromatic carbocycles. The van der Waals surface area contributed by atoms with Crippen LogP contribution in [0.3, 0.4) is 0 Å². The van der Waals surface area contributed by atoms with Gasteiger partial charge in [0.25, 0.3) is 0 Å². The fourth-order valence-corrected chi connectivity index (χ4v) is 6.43. The van der Waals surface area contributed by atoms with E-state index >= 15 is 0 Å². The molecule has 6 heteroatoms. The summed E-state index contributed by atoms with van der Waals surface area (Å²) in [6.07, 6.45) is 0.964. The van der Waals surface area contributed by atoms with Crippen LogP contribution >= 0.6 is 0 Å². The molecule has 1 atom stereocenters. The van der Waals surface area contributed by atoms with E-state index in [1.165, 1.54) is 11.3 Å². The van der Waals surface area contributed by atoms with E-state index in [-0.39, 0.29) is 6.04 Å². The van der Waals surface area contributed by atoms with Crippen molar-refractivity contribution in [1.29, 1.82) is 0 Å². The van der Waals surface area contributed by atoms with Crippen LogP contribution in [0.15, 0.2) is 65.6 Å². The Hall–Kier alpha value is -2.83. The van der Waals surface area contributed by atoms with Crippen LogP contribution < -0.4 is 14.5 Å². The van der Waals surface area contributed by atoms with Crippen molar-refractivity contribution in [2.24, 2.45) is 0 Å². The van der Waals surface area contributed by atoms with Crippen LogP contribution in [0.1, 0.15) is 33.9 Å². The van der Waals surface area contributed by atoms with E-state index < -0.39 is 10.0 Å². The van der Waals surface area contributed by atoms with Gasteiger partial charge in [0, 0.05) is 38.6 Å². The lowest BCUT2D eigenvalue weighted by Crippen LogP contribution is -2.38. The van der Waals surface area contributed by atoms with Gasteiger partial charge in [-0.05, 0) is 67.6 Å². The molecule has 1 heterocycles. The minimum absolute atomic E-state index is 0.106. The first-order chi connectivity index (χ1) is 15.7. The zero-order valence-corrected chi connectivity index (χ0v) is 20.9. The Labute approximate surface area is 198 Å². The minimum atomic E-state index is -3.65. The maximum atomic E-state index is 13.4. The molecule has 0 spiro atoms. The molecule has 0 radical (unpaired) electrons. The van der Waals surface area contributed by atoms with Gasteiger partial charge in [0.15, 0.2) is 0 Å². The number of hydrogen-bond acceptors (Lipinski definition) is 4. The largest absolute Gasteiger partial charge is 0.378 e. The van der Waals surface area contributed by atoms with Crippen LogP contribution in [-0.2, 0) is 16.4 Å². The molecule has 0 aliphatic carbocycles. The third kappa shape index (κ3) is 4.77. The standard InChI is InChI=1S/C27H33N3O2S/c1-19-16-20(2)27(21(3)17-19)33(31,32)28-18-26(23-10-12-24(13-11-23)29(4)5)30-15-14-22-8-6-7-9-25(22)30/h6-13,16-17,26,28H,14-15,18H2,1-5H3/t26-/m0/s1. The summed E-state index contributed by atoms with van der Waals surface area (Å²) in [5, 5.41) is 0. The molecule has 5 nitrogen and oxygen atoms in total. The number of sulfonamides is 1. The summed E-state index contributed by atoms with van der Waals surface area (Å²) in [6.45, 7) is 6.88. The molecule has 0 amide bonds. The summed E-state index contributed by atoms with van der Waals surface area (Å²) >= 11 is 0. The number of aryl methyl sites for hydroxylation is 3. The van der Waals surface area contributed by atoms with E-state index in [0.29, 0.717) is 11.4 Å². The highest BCUT2D eigenvalue weighted by molar-refractivity contribution is 7.89. The van der Waals surface area contributed by atoms with Crippen molar-refractivity contribution in [3.8, 4) is 0 Å². The second-order valence-electron chi connectivity index (χ2n) is 9.15. The van der Waals surface area contributed by atoms with Crippen LogP contribution in [0.5, 0.6) is 0 Å². The molecule has 0 aromatic heterocycles. The number of fused-ring (bicyclic) bond motifs is 1. The van der Waals surface area contributed by atoms with E-state index in [2.05, 4.69) is 57.0 Å². The molecule has 4 rings (SSSR count). The zero-order chi connectivity index (χ0) is 23.8. The quantitative estimate of drug-likeness (QED) is 0.549. The summed E-state index contributed by atoms with van der Waals surface area (Å²) < 4.78 is 29.7. The summed E-state index contributed by atoms with van der Waals surface area (Å²) in [5.74, 6) is 0. The number of rotatable bonds is 7. The predicted octanol–water partition coefficient (Wildman–Crippen LogP) is 4.76. The van der Waals surface area contributed by atoms with Gasteiger partial charge in [-0.1, -0.05) is 48.0 Å². The van der Waals surface area contributed by atoms with Gasteiger partial charge < -0.3 is 9.80 Å². The van der Waals surface area contributed by atoms with Gasteiger partial charge in [0.05, 0.1) is 10.9 Å². The number of para-hydroxylation sites is 1. The van der Waals surface area contributed by atoms with Crippen LogP contribution in [0.2, 0.25) is 0 Å². The molecule has 1 aliphatic heterocycles. The van der Waals surface area contributed by atoms with Crippen molar-refractivity contribution >= 4 is 21.4 Å². The van der Waals surface area contributed by atoms with E-state index in [0.717, 1.165) is 40.9 Å². The molecule has 1 aliphatic rings. The van der Waals surface area contributed by atoms with Crippen molar-refractivity contribution in [1.82, 2.24) is 4.72 Å². The summed E-state index contributed by atoms with van der Waals surface area (Å²) in [7, 11) is 0.380. The van der Waals surface area contributed by atoms with Gasteiger partial charge in [0.2, 0.25) is 10.0 Å². The molecule has 174 valence electrons. The SMILES string of the molecule is Cc1cc(C)c(S(=O)(=O)NC[C@@H](c2ccc(N(C)C)cc2)N2CCc3ccccc32)c(C)c1. The monoisotopic (exact) mass is 463 g/mol. The average Bonchev–Trinajstić information content (AvgIpc) is 3.17. The summed E-state index contributed by atoms with van der Waals surface area (Å²) in [4.78, 5) is 4.78. The molecule has 0 saturated carbocycles. The lowest BCUT2D eigenvalue weighted by Gasteiger charge is -2.31. The Morgan fingerprint density at radius 1 is 0.970 bits per heavy atom. The Kier molecular flexibility index (Phi) is 6.50. The molecular weight excluding hydrogens is 430 g/mol. The van der Waals surface area contributed by atoms with Gasteiger partial charge in [-0.3, -0.25) is 0 Å². The van der Waals surface area contributed by atoms with Gasteiger partial charge in [-0.15, -0.1) is 0 Å². The Morgan fingerprint density at radius 2 is 1.61 bits per heavy atom. The average molecular weight is 464 g/mol. The first kappa shape index (κ1) is 23.3. The highest BCUT2D eigenvalue weighted by atomic mass is 32.2. The number of nitrogens with zero attached hydrogens (tertiary/aromatic N) is 2. The van der Waals surface area contributed by atoms with Gasteiger partial charge in [-0.25, -0.2) is 13.1 Å². The normalized spacial score (nSPS) is 14.3. The number of anilines is 2. The second kappa shape index (κ2) is 9.20. The molecule has 0 saturated heterocycles. The van der Waals surface area contributed by atoms with E-state index in [9.17, 15) is 8.42 Å². The first-order valence-corrected chi connectivity index (χ1v) is 12.8. The zero-order valence-electron chi connectivity index (χ0n) is 20.1. The highest BCUT2D eigenvalue weighted by Crippen LogP contribution is 2.35. The van der Waals surface area contributed by atoms with E-state index in [4.69, 9.17) is 0 Å². The Morgan fingerprint density at radius 3 is 2.24 bits per heavy atom. The number of hydrogen-bond donors (Lipinski definition) is 1. The number of nitrogens with one attached hydrogen (secondary N) is 1. The fraction of sp³-hybridized carbons (Fsp3) is 0.333. The minimum Gasteiger partial charge on any atom is -0.378 e. The topological polar surface area (TPSA) is 52.7 Å². The van der Waals surface area contributed by atoms with Crippen molar-refractivity contribution < 1.29 is 8.42 Å². The molecule has 0 bridgehead atoms. The molecule has 1 N–H and O–H groups in total. The third-order valence-electron chi connectivity index (χ3n) is 6.43. The van der Waals surface area contributed by atoms with Crippen molar-refractivity contribution in [2.45, 2.75) is 38.1 Å². The van der Waals surface area contributed by atoms with Crippen LogP contribution in [0.25, 0.3) is 0 Å². The van der Waals surface area contributed by atoms with Crippen molar-refractivity contribution in [2.75, 3.05) is 37.0 Å². The van der Waals surface area contributed by atoms with Crippen LogP contribution in [0.4, 0.5) is 11.4 Å². The summed E-state index contributed by atoms with van der Waals surface area (Å²) in [5.41, 5.74) is 7.32. The summed E-state index contributed by atoms with van der Waals surface area (Å²) in [6, 6.07) is 20.5.